The Morgan fingerprint density at radius 2 is 2.33 bits per heavy atom. The fraction of sp³-hybridized carbons (Fsp3) is 0.100. The topological polar surface area (TPSA) is 112 Å². The molecule has 2 N–H and O–H groups in total. The molecule has 0 bridgehead atoms. The van der Waals surface area contributed by atoms with Crippen LogP contribution in [-0.4, -0.2) is 23.6 Å². The van der Waals surface area contributed by atoms with Crippen molar-refractivity contribution in [1.82, 2.24) is 19.9 Å². The lowest BCUT2D eigenvalue weighted by Gasteiger charge is -2.06. The van der Waals surface area contributed by atoms with Gasteiger partial charge in [0, 0.05) is 24.5 Å². The SMILES string of the molecule is N#Cc1ncccc1S(=O)(=O)NCc1cn[nH]c1. The maximum absolute atomic E-state index is 12.0. The molecule has 2 aromatic rings. The molecule has 7 nitrogen and oxygen atoms in total. The van der Waals surface area contributed by atoms with Crippen molar-refractivity contribution in [3.05, 3.63) is 42.0 Å². The molecule has 0 unspecified atom stereocenters. The Morgan fingerprint density at radius 1 is 1.50 bits per heavy atom. The van der Waals surface area contributed by atoms with Crippen molar-refractivity contribution >= 4 is 10.0 Å². The fourth-order valence-corrected chi connectivity index (χ4v) is 2.44. The summed E-state index contributed by atoms with van der Waals surface area (Å²) in [5, 5.41) is 15.1. The van der Waals surface area contributed by atoms with E-state index in [4.69, 9.17) is 5.26 Å². The first-order valence-electron chi connectivity index (χ1n) is 4.96. The Balaban J connectivity index is 2.23. The Hall–Kier alpha value is -2.24. The number of hydrogen-bond acceptors (Lipinski definition) is 5. The van der Waals surface area contributed by atoms with Crippen molar-refractivity contribution in [2.24, 2.45) is 0 Å². The van der Waals surface area contributed by atoms with Gasteiger partial charge in [-0.1, -0.05) is 0 Å². The van der Waals surface area contributed by atoms with Crippen LogP contribution >= 0.6 is 0 Å². The van der Waals surface area contributed by atoms with Gasteiger partial charge in [-0.3, -0.25) is 5.10 Å². The van der Waals surface area contributed by atoms with E-state index < -0.39 is 10.0 Å². The van der Waals surface area contributed by atoms with Gasteiger partial charge in [0.25, 0.3) is 0 Å². The van der Waals surface area contributed by atoms with Gasteiger partial charge in [0.15, 0.2) is 5.69 Å². The van der Waals surface area contributed by atoms with E-state index in [1.807, 2.05) is 0 Å². The molecule has 92 valence electrons. The summed E-state index contributed by atoms with van der Waals surface area (Å²) >= 11 is 0. The summed E-state index contributed by atoms with van der Waals surface area (Å²) < 4.78 is 26.3. The molecule has 0 aromatic carbocycles. The number of hydrogen-bond donors (Lipinski definition) is 2. The number of nitriles is 1. The molecule has 0 saturated carbocycles. The molecule has 0 amide bonds. The maximum atomic E-state index is 12.0. The van der Waals surface area contributed by atoms with E-state index in [9.17, 15) is 8.42 Å². The zero-order valence-electron chi connectivity index (χ0n) is 9.16. The molecule has 0 saturated heterocycles. The van der Waals surface area contributed by atoms with E-state index in [1.165, 1.54) is 24.5 Å². The average Bonchev–Trinajstić information content (AvgIpc) is 2.89. The number of rotatable bonds is 4. The lowest BCUT2D eigenvalue weighted by molar-refractivity contribution is 0.580. The summed E-state index contributed by atoms with van der Waals surface area (Å²) in [4.78, 5) is 3.58. The highest BCUT2D eigenvalue weighted by atomic mass is 32.2. The summed E-state index contributed by atoms with van der Waals surface area (Å²) in [5.41, 5.74) is 0.568. The molecule has 0 aliphatic heterocycles. The third-order valence-corrected chi connectivity index (χ3v) is 3.62. The highest BCUT2D eigenvalue weighted by Crippen LogP contribution is 2.12. The van der Waals surface area contributed by atoms with Crippen LogP contribution in [0.5, 0.6) is 0 Å². The molecule has 2 aromatic heterocycles. The number of pyridine rings is 1. The zero-order valence-corrected chi connectivity index (χ0v) is 9.98. The van der Waals surface area contributed by atoms with Gasteiger partial charge in [-0.05, 0) is 12.1 Å². The third kappa shape index (κ3) is 2.53. The Morgan fingerprint density at radius 3 is 3.00 bits per heavy atom. The van der Waals surface area contributed by atoms with E-state index in [0.29, 0.717) is 5.56 Å². The second-order valence-corrected chi connectivity index (χ2v) is 5.13. The number of sulfonamides is 1. The normalized spacial score (nSPS) is 11.1. The van der Waals surface area contributed by atoms with E-state index >= 15 is 0 Å². The third-order valence-electron chi connectivity index (χ3n) is 2.19. The average molecular weight is 263 g/mol. The molecule has 18 heavy (non-hydrogen) atoms. The number of nitrogens with zero attached hydrogens (tertiary/aromatic N) is 3. The van der Waals surface area contributed by atoms with E-state index in [-0.39, 0.29) is 17.1 Å². The molecule has 0 radical (unpaired) electrons. The van der Waals surface area contributed by atoms with Crippen molar-refractivity contribution in [2.75, 3.05) is 0 Å². The first kappa shape index (κ1) is 12.2. The summed E-state index contributed by atoms with van der Waals surface area (Å²) in [7, 11) is -3.76. The van der Waals surface area contributed by atoms with Gasteiger partial charge in [-0.15, -0.1) is 0 Å². The molecule has 8 heteroatoms. The molecule has 0 spiro atoms. The number of aromatic nitrogens is 3. The largest absolute Gasteiger partial charge is 0.285 e. The Kier molecular flexibility index (Phi) is 3.36. The van der Waals surface area contributed by atoms with E-state index in [0.717, 1.165) is 0 Å². The van der Waals surface area contributed by atoms with Crippen molar-refractivity contribution < 1.29 is 8.42 Å². The van der Waals surface area contributed by atoms with Gasteiger partial charge in [-0.2, -0.15) is 10.4 Å². The second kappa shape index (κ2) is 4.95. The van der Waals surface area contributed by atoms with Gasteiger partial charge < -0.3 is 0 Å². The van der Waals surface area contributed by atoms with Crippen LogP contribution in [0.15, 0.2) is 35.6 Å². The van der Waals surface area contributed by atoms with Gasteiger partial charge in [0.05, 0.1) is 6.20 Å². The lowest BCUT2D eigenvalue weighted by Crippen LogP contribution is -2.24. The van der Waals surface area contributed by atoms with Crippen molar-refractivity contribution in [1.29, 1.82) is 5.26 Å². The highest BCUT2D eigenvalue weighted by Gasteiger charge is 2.18. The van der Waals surface area contributed by atoms with Crippen molar-refractivity contribution in [2.45, 2.75) is 11.4 Å². The molecular formula is C10H9N5O2S. The zero-order chi connectivity index (χ0) is 13.0. The molecule has 0 aliphatic carbocycles. The molecule has 0 atom stereocenters. The van der Waals surface area contributed by atoms with Crippen LogP contribution in [0.3, 0.4) is 0 Å². The Bertz CT molecular complexity index is 673. The lowest BCUT2D eigenvalue weighted by atomic mass is 10.4. The van der Waals surface area contributed by atoms with Crippen LogP contribution in [0.4, 0.5) is 0 Å². The van der Waals surface area contributed by atoms with Crippen LogP contribution in [0.1, 0.15) is 11.3 Å². The van der Waals surface area contributed by atoms with Crippen molar-refractivity contribution in [3.63, 3.8) is 0 Å². The number of nitrogens with one attached hydrogen (secondary N) is 2. The van der Waals surface area contributed by atoms with Gasteiger partial charge >= 0.3 is 0 Å². The van der Waals surface area contributed by atoms with Crippen LogP contribution in [-0.2, 0) is 16.6 Å². The van der Waals surface area contributed by atoms with Crippen LogP contribution in [0.25, 0.3) is 0 Å². The van der Waals surface area contributed by atoms with Crippen LogP contribution < -0.4 is 4.72 Å². The van der Waals surface area contributed by atoms with E-state index in [2.05, 4.69) is 19.9 Å². The predicted molar refractivity (Wildman–Crippen MR) is 61.6 cm³/mol. The monoisotopic (exact) mass is 263 g/mol. The molecule has 0 aliphatic rings. The minimum absolute atomic E-state index is 0.0958. The van der Waals surface area contributed by atoms with Gasteiger partial charge in [-0.25, -0.2) is 18.1 Å². The minimum Gasteiger partial charge on any atom is -0.285 e. The number of H-pyrrole nitrogens is 1. The van der Waals surface area contributed by atoms with E-state index in [1.54, 1.807) is 12.3 Å². The molecule has 0 fully saturated rings. The predicted octanol–water partition coefficient (Wildman–Crippen LogP) is 0.155. The quantitative estimate of drug-likeness (QED) is 0.815. The molecule has 2 rings (SSSR count). The number of aromatic amines is 1. The first-order chi connectivity index (χ1) is 8.63. The smallest absolute Gasteiger partial charge is 0.243 e. The Labute approximate surface area is 104 Å². The van der Waals surface area contributed by atoms with Crippen LogP contribution in [0, 0.1) is 11.3 Å². The molecular weight excluding hydrogens is 254 g/mol. The standard InChI is InChI=1S/C10H9N5O2S/c11-4-9-10(2-1-3-12-9)18(16,17)15-7-8-5-13-14-6-8/h1-3,5-6,15H,7H2,(H,13,14). The fourth-order valence-electron chi connectivity index (χ4n) is 1.32. The second-order valence-electron chi connectivity index (χ2n) is 3.39. The maximum Gasteiger partial charge on any atom is 0.243 e. The van der Waals surface area contributed by atoms with Crippen molar-refractivity contribution in [3.8, 4) is 6.07 Å². The van der Waals surface area contributed by atoms with Gasteiger partial charge in [0.1, 0.15) is 11.0 Å². The minimum atomic E-state index is -3.76. The summed E-state index contributed by atoms with van der Waals surface area (Å²) in [6, 6.07) is 4.55. The van der Waals surface area contributed by atoms with Gasteiger partial charge in [0.2, 0.25) is 10.0 Å². The summed E-state index contributed by atoms with van der Waals surface area (Å²) in [6.07, 6.45) is 4.46. The highest BCUT2D eigenvalue weighted by molar-refractivity contribution is 7.89. The van der Waals surface area contributed by atoms with Crippen LogP contribution in [0.2, 0.25) is 0 Å². The summed E-state index contributed by atoms with van der Waals surface area (Å²) in [5.74, 6) is 0. The molecule has 2 heterocycles. The first-order valence-corrected chi connectivity index (χ1v) is 6.44. The summed E-state index contributed by atoms with van der Waals surface area (Å²) in [6.45, 7) is 0.0958.